The molecule has 0 heterocycles. The predicted octanol–water partition coefficient (Wildman–Crippen LogP) is 5.75. The van der Waals surface area contributed by atoms with Crippen molar-refractivity contribution in [2.45, 2.75) is 51.6 Å². The second-order valence-electron chi connectivity index (χ2n) is 9.22. The smallest absolute Gasteiger partial charge is 0.264 e. The molecule has 1 atom stereocenters. The quantitative estimate of drug-likeness (QED) is 0.308. The summed E-state index contributed by atoms with van der Waals surface area (Å²) in [6, 6.07) is 17.4. The summed E-state index contributed by atoms with van der Waals surface area (Å²) in [5, 5.41) is 3.78. The molecule has 0 saturated carbocycles. The molecule has 10 heteroatoms. The Morgan fingerprint density at radius 2 is 1.51 bits per heavy atom. The number of anilines is 1. The molecule has 3 aromatic rings. The van der Waals surface area contributed by atoms with Gasteiger partial charge in [0.05, 0.1) is 10.6 Å². The van der Waals surface area contributed by atoms with Crippen molar-refractivity contribution in [1.82, 2.24) is 10.2 Å². The largest absolute Gasteiger partial charge is 0.355 e. The summed E-state index contributed by atoms with van der Waals surface area (Å²) in [4.78, 5) is 28.5. The number of nitrogens with zero attached hydrogens (tertiary/aromatic N) is 2. The third-order valence-electron chi connectivity index (χ3n) is 6.32. The van der Waals surface area contributed by atoms with Gasteiger partial charge in [0.1, 0.15) is 12.6 Å². The van der Waals surface area contributed by atoms with Crippen molar-refractivity contribution in [1.29, 1.82) is 0 Å². The molecule has 0 unspecified atom stereocenters. The maximum atomic E-state index is 14.0. The molecule has 0 aliphatic carbocycles. The van der Waals surface area contributed by atoms with Crippen LogP contribution in [0.5, 0.6) is 0 Å². The lowest BCUT2D eigenvalue weighted by atomic mass is 10.1. The first-order valence-electron chi connectivity index (χ1n) is 12.6. The van der Waals surface area contributed by atoms with E-state index in [0.29, 0.717) is 34.3 Å². The Balaban J connectivity index is 2.09. The van der Waals surface area contributed by atoms with Gasteiger partial charge in [0.15, 0.2) is 0 Å². The van der Waals surface area contributed by atoms with Crippen LogP contribution in [0.2, 0.25) is 10.0 Å². The summed E-state index contributed by atoms with van der Waals surface area (Å²) < 4.78 is 29.0. The highest BCUT2D eigenvalue weighted by molar-refractivity contribution is 7.92. The van der Waals surface area contributed by atoms with Crippen molar-refractivity contribution < 1.29 is 18.0 Å². The third-order valence-corrected chi connectivity index (χ3v) is 8.58. The fraction of sp³-hybridized carbons (Fsp3) is 0.310. The van der Waals surface area contributed by atoms with Crippen molar-refractivity contribution in [3.8, 4) is 0 Å². The van der Waals surface area contributed by atoms with Gasteiger partial charge >= 0.3 is 0 Å². The molecule has 208 valence electrons. The number of rotatable bonds is 11. The minimum absolute atomic E-state index is 0.0512. The summed E-state index contributed by atoms with van der Waals surface area (Å²) in [7, 11) is -4.15. The van der Waals surface area contributed by atoms with Gasteiger partial charge in [0.25, 0.3) is 10.0 Å². The van der Waals surface area contributed by atoms with E-state index in [1.165, 1.54) is 17.0 Å². The molecule has 0 bridgehead atoms. The van der Waals surface area contributed by atoms with E-state index in [9.17, 15) is 18.0 Å². The van der Waals surface area contributed by atoms with Crippen molar-refractivity contribution >= 4 is 50.7 Å². The van der Waals surface area contributed by atoms with Gasteiger partial charge in [-0.1, -0.05) is 60.0 Å². The van der Waals surface area contributed by atoms with Gasteiger partial charge in [0, 0.05) is 23.1 Å². The fourth-order valence-corrected chi connectivity index (χ4v) is 6.08. The zero-order valence-electron chi connectivity index (χ0n) is 22.4. The lowest BCUT2D eigenvalue weighted by Gasteiger charge is -2.33. The molecule has 0 aliphatic rings. The number of amides is 2. The van der Waals surface area contributed by atoms with Gasteiger partial charge in [-0.05, 0) is 80.8 Å². The molecular formula is C29H33Cl2N3O4S. The summed E-state index contributed by atoms with van der Waals surface area (Å²) in [5.74, 6) is -0.828. The molecule has 7 nitrogen and oxygen atoms in total. The first-order valence-corrected chi connectivity index (χ1v) is 14.8. The number of benzene rings is 3. The van der Waals surface area contributed by atoms with Crippen molar-refractivity contribution in [3.63, 3.8) is 0 Å². The first-order chi connectivity index (χ1) is 18.5. The second-order valence-corrected chi connectivity index (χ2v) is 12.0. The molecule has 0 spiro atoms. The molecule has 39 heavy (non-hydrogen) atoms. The Morgan fingerprint density at radius 3 is 2.08 bits per heavy atom. The van der Waals surface area contributed by atoms with Gasteiger partial charge in [-0.25, -0.2) is 8.42 Å². The van der Waals surface area contributed by atoms with Gasteiger partial charge in [-0.2, -0.15) is 0 Å². The summed E-state index contributed by atoms with van der Waals surface area (Å²) in [6.07, 6.45) is 0.343. The molecule has 0 radical (unpaired) electrons. The average Bonchev–Trinajstić information content (AvgIpc) is 2.89. The Hall–Kier alpha value is -3.07. The van der Waals surface area contributed by atoms with Crippen LogP contribution in [0.1, 0.15) is 37.0 Å². The number of hydrogen-bond donors (Lipinski definition) is 1. The predicted molar refractivity (Wildman–Crippen MR) is 157 cm³/mol. The van der Waals surface area contributed by atoms with E-state index in [1.807, 2.05) is 13.8 Å². The van der Waals surface area contributed by atoms with Gasteiger partial charge in [-0.15, -0.1) is 0 Å². The van der Waals surface area contributed by atoms with Gasteiger partial charge in [0.2, 0.25) is 11.8 Å². The van der Waals surface area contributed by atoms with Crippen LogP contribution in [0.3, 0.4) is 0 Å². The topological polar surface area (TPSA) is 86.8 Å². The lowest BCUT2D eigenvalue weighted by Crippen LogP contribution is -2.52. The van der Waals surface area contributed by atoms with Crippen LogP contribution in [-0.2, 0) is 26.2 Å². The number of likely N-dealkylation sites (N-methyl/N-ethyl adjacent to an activating group) is 1. The van der Waals surface area contributed by atoms with Crippen molar-refractivity contribution in [2.24, 2.45) is 0 Å². The van der Waals surface area contributed by atoms with Crippen molar-refractivity contribution in [3.05, 3.63) is 93.5 Å². The van der Waals surface area contributed by atoms with Gasteiger partial charge in [-0.3, -0.25) is 13.9 Å². The number of sulfonamides is 1. The van der Waals surface area contributed by atoms with E-state index in [4.69, 9.17) is 23.2 Å². The molecule has 0 fully saturated rings. The number of halogens is 2. The van der Waals surface area contributed by atoms with Crippen LogP contribution in [0.25, 0.3) is 0 Å². The maximum absolute atomic E-state index is 14.0. The Bertz CT molecular complexity index is 1410. The summed E-state index contributed by atoms with van der Waals surface area (Å²) in [5.41, 5.74) is 2.57. The number of carbonyl (C=O) groups excluding carboxylic acids is 2. The zero-order chi connectivity index (χ0) is 28.7. The zero-order valence-corrected chi connectivity index (χ0v) is 24.8. The van der Waals surface area contributed by atoms with Crippen LogP contribution in [0, 0.1) is 13.8 Å². The van der Waals surface area contributed by atoms with Crippen molar-refractivity contribution in [2.75, 3.05) is 17.4 Å². The molecule has 0 saturated heterocycles. The molecule has 1 N–H and O–H groups in total. The van der Waals surface area contributed by atoms with E-state index in [1.54, 1.807) is 68.4 Å². The monoisotopic (exact) mass is 589 g/mol. The molecule has 3 rings (SSSR count). The number of hydrogen-bond acceptors (Lipinski definition) is 4. The Labute approximate surface area is 240 Å². The van der Waals surface area contributed by atoms with Crippen LogP contribution < -0.4 is 9.62 Å². The second kappa shape index (κ2) is 13.3. The number of carbonyl (C=O) groups is 2. The van der Waals surface area contributed by atoms with Crippen LogP contribution in [0.15, 0.2) is 71.6 Å². The minimum atomic E-state index is -4.15. The normalized spacial score (nSPS) is 12.1. The van der Waals surface area contributed by atoms with E-state index < -0.39 is 28.5 Å². The molecule has 2 amide bonds. The highest BCUT2D eigenvalue weighted by Gasteiger charge is 2.34. The number of aryl methyl sites for hydroxylation is 2. The Kier molecular flexibility index (Phi) is 10.4. The van der Waals surface area contributed by atoms with Gasteiger partial charge < -0.3 is 10.2 Å². The highest BCUT2D eigenvalue weighted by Crippen LogP contribution is 2.29. The lowest BCUT2D eigenvalue weighted by molar-refractivity contribution is -0.140. The fourth-order valence-electron chi connectivity index (χ4n) is 4.25. The average molecular weight is 591 g/mol. The molecule has 0 aliphatic heterocycles. The van der Waals surface area contributed by atoms with E-state index in [2.05, 4.69) is 5.32 Å². The maximum Gasteiger partial charge on any atom is 0.264 e. The minimum Gasteiger partial charge on any atom is -0.355 e. The summed E-state index contributed by atoms with van der Waals surface area (Å²) in [6.45, 7) is 7.20. The first kappa shape index (κ1) is 30.5. The van der Waals surface area contributed by atoms with E-state index in [0.717, 1.165) is 15.4 Å². The van der Waals surface area contributed by atoms with E-state index in [-0.39, 0.29) is 17.3 Å². The van der Waals surface area contributed by atoms with Crippen LogP contribution >= 0.6 is 23.2 Å². The number of nitrogens with one attached hydrogen (secondary N) is 1. The molecular weight excluding hydrogens is 557 g/mol. The van der Waals surface area contributed by atoms with E-state index >= 15 is 0 Å². The van der Waals surface area contributed by atoms with Crippen LogP contribution in [0.4, 0.5) is 5.69 Å². The summed E-state index contributed by atoms with van der Waals surface area (Å²) >= 11 is 12.2. The highest BCUT2D eigenvalue weighted by atomic mass is 35.5. The molecule has 3 aromatic carbocycles. The Morgan fingerprint density at radius 1 is 0.897 bits per heavy atom. The van der Waals surface area contributed by atoms with Crippen LogP contribution in [-0.4, -0.2) is 44.3 Å². The SMILES string of the molecule is CCNC(=O)[C@@H](CC)N(Cc1ccc(Cl)cc1)C(=O)CN(c1ccc(Cl)cc1C)S(=O)(=O)c1ccc(C)cc1. The standard InChI is InChI=1S/C29H33Cl2N3O4S/c1-5-26(29(36)32-6-2)33(18-22-9-11-23(30)12-10-22)28(35)19-34(27-16-13-24(31)17-21(27)4)39(37,38)25-14-7-20(3)8-15-25/h7-17,26H,5-6,18-19H2,1-4H3,(H,32,36)/t26-/m1/s1. The third kappa shape index (κ3) is 7.53. The molecule has 0 aromatic heterocycles.